The van der Waals surface area contributed by atoms with Gasteiger partial charge < -0.3 is 20.8 Å². The number of pyridine rings is 1. The van der Waals surface area contributed by atoms with E-state index in [1.54, 1.807) is 6.07 Å². The highest BCUT2D eigenvalue weighted by Gasteiger charge is 2.32. The summed E-state index contributed by atoms with van der Waals surface area (Å²) in [5.41, 5.74) is -0.175. The van der Waals surface area contributed by atoms with Crippen molar-refractivity contribution in [3.8, 4) is 17.1 Å². The average Bonchev–Trinajstić information content (AvgIpc) is 2.66. The van der Waals surface area contributed by atoms with Crippen LogP contribution in [-0.4, -0.2) is 36.2 Å². The molecule has 0 bridgehead atoms. The zero-order valence-corrected chi connectivity index (χ0v) is 16.1. The van der Waals surface area contributed by atoms with Gasteiger partial charge in [-0.1, -0.05) is 12.1 Å². The molecule has 0 radical (unpaired) electrons. The Bertz CT molecular complexity index is 1040. The predicted octanol–water partition coefficient (Wildman–Crippen LogP) is 3.71. The molecular weight excluding hydrogens is 401 g/mol. The molecule has 0 atom stereocenters. The third-order valence-corrected chi connectivity index (χ3v) is 3.87. The van der Waals surface area contributed by atoms with Crippen LogP contribution in [0.5, 0.6) is 5.75 Å². The summed E-state index contributed by atoms with van der Waals surface area (Å²) in [4.78, 5) is 16.1. The average molecular weight is 420 g/mol. The first kappa shape index (κ1) is 21.2. The molecule has 4 N–H and O–H groups in total. The summed E-state index contributed by atoms with van der Waals surface area (Å²) in [6, 6.07) is 6.71. The Labute approximate surface area is 169 Å². The molecule has 0 spiro atoms. The van der Waals surface area contributed by atoms with Gasteiger partial charge in [0.2, 0.25) is 11.9 Å². The van der Waals surface area contributed by atoms with Crippen LogP contribution < -0.4 is 10.6 Å². The lowest BCUT2D eigenvalue weighted by Gasteiger charge is -2.13. The molecule has 2 aromatic heterocycles. The van der Waals surface area contributed by atoms with Gasteiger partial charge in [0, 0.05) is 29.1 Å². The summed E-state index contributed by atoms with van der Waals surface area (Å²) in [5, 5.41) is 25.0. The molecule has 0 aliphatic rings. The van der Waals surface area contributed by atoms with Gasteiger partial charge in [0.25, 0.3) is 0 Å². The number of halogens is 3. The number of anilines is 3. The topological polar surface area (TPSA) is 116 Å². The molecule has 11 heteroatoms. The molecule has 0 saturated carbocycles. The summed E-state index contributed by atoms with van der Waals surface area (Å²) < 4.78 is 38.7. The quantitative estimate of drug-likeness (QED) is 0.477. The molecule has 0 amide bonds. The number of alkyl halides is 3. The zero-order valence-electron chi connectivity index (χ0n) is 16.1. The van der Waals surface area contributed by atoms with Crippen molar-refractivity contribution >= 4 is 17.6 Å². The van der Waals surface area contributed by atoms with Crippen LogP contribution in [0.25, 0.3) is 11.4 Å². The highest BCUT2D eigenvalue weighted by atomic mass is 19.4. The number of aliphatic hydroxyl groups is 1. The van der Waals surface area contributed by atoms with E-state index in [0.29, 0.717) is 11.1 Å². The number of aliphatic hydroxyl groups excluding tert-OH is 1. The summed E-state index contributed by atoms with van der Waals surface area (Å²) in [6.07, 6.45) is -3.55. The van der Waals surface area contributed by atoms with Crippen molar-refractivity contribution in [3.63, 3.8) is 0 Å². The lowest BCUT2D eigenvalue weighted by Crippen LogP contribution is -2.14. The zero-order chi connectivity index (χ0) is 21.9. The number of hydrogen-bond acceptors (Lipinski definition) is 8. The summed E-state index contributed by atoms with van der Waals surface area (Å²) in [6.45, 7) is 3.41. The second kappa shape index (κ2) is 8.49. The number of aromatic hydroxyl groups is 1. The first-order chi connectivity index (χ1) is 14.2. The predicted molar refractivity (Wildman–Crippen MR) is 104 cm³/mol. The standard InChI is InChI=1S/C19H19F3N6O2/c1-10(2)24-17-26-16(11-3-4-12(9-29)14(30)7-11)27-18(28-17)25-13-5-6-23-15(8-13)19(20,21)22/h3-8,10,29-30H,9H2,1-2H3,(H2,23,24,25,26,27,28). The van der Waals surface area contributed by atoms with E-state index in [9.17, 15) is 23.4 Å². The molecule has 3 aromatic rings. The number of hydrogen-bond donors (Lipinski definition) is 4. The molecule has 158 valence electrons. The van der Waals surface area contributed by atoms with Crippen LogP contribution in [0.3, 0.4) is 0 Å². The molecule has 0 fully saturated rings. The molecule has 0 aliphatic heterocycles. The lowest BCUT2D eigenvalue weighted by molar-refractivity contribution is -0.141. The fraction of sp³-hybridized carbons (Fsp3) is 0.263. The Morgan fingerprint density at radius 1 is 1.03 bits per heavy atom. The Hall–Kier alpha value is -3.47. The van der Waals surface area contributed by atoms with Crippen LogP contribution in [0.4, 0.5) is 30.8 Å². The Kier molecular flexibility index (Phi) is 6.01. The van der Waals surface area contributed by atoms with E-state index in [4.69, 9.17) is 0 Å². The smallest absolute Gasteiger partial charge is 0.433 e. The van der Waals surface area contributed by atoms with Gasteiger partial charge in [-0.15, -0.1) is 0 Å². The first-order valence-corrected chi connectivity index (χ1v) is 8.91. The van der Waals surface area contributed by atoms with Crippen LogP contribution in [0.15, 0.2) is 36.5 Å². The van der Waals surface area contributed by atoms with Crippen molar-refractivity contribution in [3.05, 3.63) is 47.8 Å². The minimum absolute atomic E-state index is 0.00759. The molecule has 3 rings (SSSR count). The first-order valence-electron chi connectivity index (χ1n) is 8.91. The van der Waals surface area contributed by atoms with Crippen molar-refractivity contribution in [1.29, 1.82) is 0 Å². The van der Waals surface area contributed by atoms with E-state index >= 15 is 0 Å². The van der Waals surface area contributed by atoms with Crippen LogP contribution >= 0.6 is 0 Å². The van der Waals surface area contributed by atoms with E-state index in [1.807, 2.05) is 13.8 Å². The van der Waals surface area contributed by atoms with E-state index in [-0.39, 0.29) is 41.8 Å². The highest BCUT2D eigenvalue weighted by Crippen LogP contribution is 2.30. The van der Waals surface area contributed by atoms with E-state index in [2.05, 4.69) is 30.6 Å². The summed E-state index contributed by atoms with van der Waals surface area (Å²) in [7, 11) is 0. The molecule has 0 aliphatic carbocycles. The Morgan fingerprint density at radius 3 is 2.40 bits per heavy atom. The van der Waals surface area contributed by atoms with Crippen molar-refractivity contribution in [2.75, 3.05) is 10.6 Å². The number of aromatic nitrogens is 4. The Morgan fingerprint density at radius 2 is 1.77 bits per heavy atom. The van der Waals surface area contributed by atoms with Gasteiger partial charge in [0.1, 0.15) is 11.4 Å². The summed E-state index contributed by atoms with van der Waals surface area (Å²) in [5.74, 6) is 0.259. The van der Waals surface area contributed by atoms with Crippen molar-refractivity contribution in [1.82, 2.24) is 19.9 Å². The van der Waals surface area contributed by atoms with Gasteiger partial charge >= 0.3 is 6.18 Å². The number of phenols is 1. The molecule has 30 heavy (non-hydrogen) atoms. The number of rotatable bonds is 6. The van der Waals surface area contributed by atoms with Gasteiger partial charge in [-0.2, -0.15) is 28.1 Å². The Balaban J connectivity index is 2.00. The minimum atomic E-state index is -4.59. The minimum Gasteiger partial charge on any atom is -0.508 e. The van der Waals surface area contributed by atoms with Crippen LogP contribution in [-0.2, 0) is 12.8 Å². The monoisotopic (exact) mass is 420 g/mol. The normalized spacial score (nSPS) is 11.6. The third kappa shape index (κ3) is 5.11. The van der Waals surface area contributed by atoms with Crippen molar-refractivity contribution in [2.24, 2.45) is 0 Å². The SMILES string of the molecule is CC(C)Nc1nc(Nc2ccnc(C(F)(F)F)c2)nc(-c2ccc(CO)c(O)c2)n1. The van der Waals surface area contributed by atoms with Crippen LogP contribution in [0, 0.1) is 0 Å². The molecule has 0 unspecified atom stereocenters. The molecule has 8 nitrogen and oxygen atoms in total. The molecule has 1 aromatic carbocycles. The maximum atomic E-state index is 12.9. The fourth-order valence-corrected chi connectivity index (χ4v) is 2.51. The highest BCUT2D eigenvalue weighted by molar-refractivity contribution is 5.63. The summed E-state index contributed by atoms with van der Waals surface area (Å²) >= 11 is 0. The van der Waals surface area contributed by atoms with Crippen molar-refractivity contribution in [2.45, 2.75) is 32.7 Å². The largest absolute Gasteiger partial charge is 0.508 e. The maximum absolute atomic E-state index is 12.9. The van der Waals surface area contributed by atoms with Crippen molar-refractivity contribution < 1.29 is 23.4 Å². The fourth-order valence-electron chi connectivity index (χ4n) is 2.51. The lowest BCUT2D eigenvalue weighted by atomic mass is 10.1. The van der Waals surface area contributed by atoms with E-state index in [1.165, 1.54) is 18.2 Å². The van der Waals surface area contributed by atoms with E-state index < -0.39 is 11.9 Å². The van der Waals surface area contributed by atoms with E-state index in [0.717, 1.165) is 12.3 Å². The number of nitrogens with one attached hydrogen (secondary N) is 2. The number of benzene rings is 1. The number of nitrogens with zero attached hydrogens (tertiary/aromatic N) is 4. The van der Waals surface area contributed by atoms with Crippen LogP contribution in [0.2, 0.25) is 0 Å². The van der Waals surface area contributed by atoms with Crippen LogP contribution in [0.1, 0.15) is 25.1 Å². The molecule has 0 saturated heterocycles. The second-order valence-corrected chi connectivity index (χ2v) is 6.66. The van der Waals surface area contributed by atoms with Gasteiger partial charge in [-0.3, -0.25) is 4.98 Å². The van der Waals surface area contributed by atoms with Gasteiger partial charge in [0.05, 0.1) is 6.61 Å². The third-order valence-electron chi connectivity index (χ3n) is 3.87. The van der Waals surface area contributed by atoms with Gasteiger partial charge in [-0.05, 0) is 32.0 Å². The molecular formula is C19H19F3N6O2. The molecule has 2 heterocycles. The second-order valence-electron chi connectivity index (χ2n) is 6.66. The van der Waals surface area contributed by atoms with Gasteiger partial charge in [0.15, 0.2) is 5.82 Å². The van der Waals surface area contributed by atoms with Gasteiger partial charge in [-0.25, -0.2) is 0 Å². The maximum Gasteiger partial charge on any atom is 0.433 e.